The molecule has 19 heavy (non-hydrogen) atoms. The van der Waals surface area contributed by atoms with Crippen molar-refractivity contribution in [3.8, 4) is 0 Å². The molecule has 102 valence electrons. The number of carbonyl (C=O) groups excluding carboxylic acids is 1. The zero-order valence-electron chi connectivity index (χ0n) is 11.0. The molecule has 0 fully saturated rings. The molecule has 1 aromatic rings. The van der Waals surface area contributed by atoms with Crippen LogP contribution in [0.3, 0.4) is 0 Å². The lowest BCUT2D eigenvalue weighted by atomic mass is 10.0. The highest BCUT2D eigenvalue weighted by Crippen LogP contribution is 2.34. The molecule has 1 aromatic carbocycles. The monoisotopic (exact) mass is 262 g/mol. The van der Waals surface area contributed by atoms with Crippen molar-refractivity contribution < 1.29 is 14.7 Å². The van der Waals surface area contributed by atoms with E-state index in [0.29, 0.717) is 12.1 Å². The number of carboxylic acid groups (broad SMARTS) is 1. The molecule has 0 aliphatic carbocycles. The summed E-state index contributed by atoms with van der Waals surface area (Å²) < 4.78 is 0. The fraction of sp³-hybridized carbons (Fsp3) is 0.429. The summed E-state index contributed by atoms with van der Waals surface area (Å²) in [6, 6.07) is 5.63. The molecule has 0 saturated carbocycles. The van der Waals surface area contributed by atoms with E-state index in [1.807, 2.05) is 26.0 Å². The Morgan fingerprint density at radius 2 is 2.00 bits per heavy atom. The van der Waals surface area contributed by atoms with Gasteiger partial charge in [0.05, 0.1) is 6.04 Å². The van der Waals surface area contributed by atoms with Gasteiger partial charge in [-0.2, -0.15) is 0 Å². The maximum Gasteiger partial charge on any atom is 0.331 e. The molecular formula is C14H18N2O3. The number of nitrogens with zero attached hydrogens (tertiary/aromatic N) is 1. The Morgan fingerprint density at radius 1 is 1.37 bits per heavy atom. The molecule has 0 radical (unpaired) electrons. The number of amides is 1. The molecule has 3 N–H and O–H groups in total. The SMILES string of the molecule is CC(C)C(N)C(=O)N1Cc2ccccc2C1C(=O)O. The number of hydrogen-bond donors (Lipinski definition) is 2. The molecule has 0 spiro atoms. The van der Waals surface area contributed by atoms with Crippen LogP contribution >= 0.6 is 0 Å². The molecule has 1 heterocycles. The number of carbonyl (C=O) groups is 2. The molecule has 0 aromatic heterocycles. The first-order valence-electron chi connectivity index (χ1n) is 6.30. The van der Waals surface area contributed by atoms with Crippen LogP contribution in [0, 0.1) is 5.92 Å². The van der Waals surface area contributed by atoms with Gasteiger partial charge in [-0.1, -0.05) is 38.1 Å². The van der Waals surface area contributed by atoms with Gasteiger partial charge in [0.25, 0.3) is 0 Å². The molecule has 1 aliphatic heterocycles. The van der Waals surface area contributed by atoms with E-state index in [-0.39, 0.29) is 11.8 Å². The lowest BCUT2D eigenvalue weighted by Crippen LogP contribution is -2.47. The molecule has 5 nitrogen and oxygen atoms in total. The highest BCUT2D eigenvalue weighted by Gasteiger charge is 2.40. The van der Waals surface area contributed by atoms with Crippen molar-refractivity contribution >= 4 is 11.9 Å². The van der Waals surface area contributed by atoms with Crippen LogP contribution in [0.5, 0.6) is 0 Å². The molecular weight excluding hydrogens is 244 g/mol. The number of benzene rings is 1. The van der Waals surface area contributed by atoms with E-state index >= 15 is 0 Å². The van der Waals surface area contributed by atoms with Gasteiger partial charge in [0.1, 0.15) is 0 Å². The Balaban J connectivity index is 2.34. The van der Waals surface area contributed by atoms with Crippen molar-refractivity contribution in [1.29, 1.82) is 0 Å². The van der Waals surface area contributed by atoms with Crippen LogP contribution in [0.15, 0.2) is 24.3 Å². The van der Waals surface area contributed by atoms with E-state index in [1.165, 1.54) is 4.90 Å². The Bertz CT molecular complexity index is 513. The average Bonchev–Trinajstić information content (AvgIpc) is 2.75. The van der Waals surface area contributed by atoms with E-state index < -0.39 is 18.1 Å². The minimum absolute atomic E-state index is 0.0225. The normalized spacial score (nSPS) is 19.4. The summed E-state index contributed by atoms with van der Waals surface area (Å²) >= 11 is 0. The Morgan fingerprint density at radius 3 is 2.58 bits per heavy atom. The summed E-state index contributed by atoms with van der Waals surface area (Å²) in [6.07, 6.45) is 0. The molecule has 2 rings (SSSR count). The Kier molecular flexibility index (Phi) is 3.57. The van der Waals surface area contributed by atoms with Gasteiger partial charge in [0.15, 0.2) is 6.04 Å². The first-order chi connectivity index (χ1) is 8.93. The van der Waals surface area contributed by atoms with E-state index in [2.05, 4.69) is 0 Å². The lowest BCUT2D eigenvalue weighted by Gasteiger charge is -2.26. The Hall–Kier alpha value is -1.88. The van der Waals surface area contributed by atoms with Crippen molar-refractivity contribution in [2.75, 3.05) is 0 Å². The summed E-state index contributed by atoms with van der Waals surface area (Å²) in [4.78, 5) is 25.1. The van der Waals surface area contributed by atoms with Gasteiger partial charge < -0.3 is 15.7 Å². The molecule has 1 aliphatic rings. The number of aliphatic carboxylic acids is 1. The van der Waals surface area contributed by atoms with Crippen molar-refractivity contribution in [3.63, 3.8) is 0 Å². The van der Waals surface area contributed by atoms with Gasteiger partial charge in [0, 0.05) is 6.54 Å². The number of carboxylic acids is 1. The van der Waals surface area contributed by atoms with Crippen molar-refractivity contribution in [2.24, 2.45) is 11.7 Å². The fourth-order valence-electron chi connectivity index (χ4n) is 2.34. The summed E-state index contributed by atoms with van der Waals surface area (Å²) in [6.45, 7) is 4.01. The summed E-state index contributed by atoms with van der Waals surface area (Å²) in [5, 5.41) is 9.37. The van der Waals surface area contributed by atoms with E-state index in [9.17, 15) is 14.7 Å². The standard InChI is InChI=1S/C14H18N2O3/c1-8(2)11(15)13(17)16-7-9-5-3-4-6-10(9)12(16)14(18)19/h3-6,8,11-12H,7,15H2,1-2H3,(H,18,19). The smallest absolute Gasteiger partial charge is 0.331 e. The van der Waals surface area contributed by atoms with Gasteiger partial charge in [0.2, 0.25) is 5.91 Å². The van der Waals surface area contributed by atoms with Crippen LogP contribution in [-0.4, -0.2) is 27.9 Å². The average molecular weight is 262 g/mol. The molecule has 5 heteroatoms. The first kappa shape index (κ1) is 13.5. The number of fused-ring (bicyclic) bond motifs is 1. The maximum atomic E-state index is 12.3. The van der Waals surface area contributed by atoms with E-state index in [4.69, 9.17) is 5.73 Å². The topological polar surface area (TPSA) is 83.6 Å². The molecule has 2 atom stereocenters. The maximum absolute atomic E-state index is 12.3. The summed E-state index contributed by atoms with van der Waals surface area (Å²) in [5.41, 5.74) is 7.41. The minimum Gasteiger partial charge on any atom is -0.479 e. The second-order valence-corrected chi connectivity index (χ2v) is 5.18. The van der Waals surface area contributed by atoms with Gasteiger partial charge >= 0.3 is 5.97 Å². The number of rotatable bonds is 3. The number of hydrogen-bond acceptors (Lipinski definition) is 3. The third-order valence-corrected chi connectivity index (χ3v) is 3.52. The van der Waals surface area contributed by atoms with Crippen molar-refractivity contribution in [3.05, 3.63) is 35.4 Å². The largest absolute Gasteiger partial charge is 0.479 e. The van der Waals surface area contributed by atoms with Crippen LogP contribution in [-0.2, 0) is 16.1 Å². The van der Waals surface area contributed by atoms with Crippen LogP contribution < -0.4 is 5.73 Å². The van der Waals surface area contributed by atoms with Gasteiger partial charge in [-0.05, 0) is 17.0 Å². The van der Waals surface area contributed by atoms with Crippen LogP contribution in [0.1, 0.15) is 31.0 Å². The lowest BCUT2D eigenvalue weighted by molar-refractivity contribution is -0.151. The predicted molar refractivity (Wildman–Crippen MR) is 70.2 cm³/mol. The van der Waals surface area contributed by atoms with E-state index in [0.717, 1.165) is 5.56 Å². The third kappa shape index (κ3) is 2.33. The Labute approximate surface area is 112 Å². The van der Waals surface area contributed by atoms with Crippen LogP contribution in [0.4, 0.5) is 0 Å². The quantitative estimate of drug-likeness (QED) is 0.855. The van der Waals surface area contributed by atoms with Crippen LogP contribution in [0.25, 0.3) is 0 Å². The van der Waals surface area contributed by atoms with Crippen molar-refractivity contribution in [2.45, 2.75) is 32.5 Å². The van der Waals surface area contributed by atoms with Crippen molar-refractivity contribution in [1.82, 2.24) is 4.90 Å². The van der Waals surface area contributed by atoms with E-state index in [1.54, 1.807) is 12.1 Å². The molecule has 0 saturated heterocycles. The highest BCUT2D eigenvalue weighted by molar-refractivity contribution is 5.89. The fourth-order valence-corrected chi connectivity index (χ4v) is 2.34. The summed E-state index contributed by atoms with van der Waals surface area (Å²) in [5.74, 6) is -1.35. The molecule has 2 unspecified atom stereocenters. The summed E-state index contributed by atoms with van der Waals surface area (Å²) in [7, 11) is 0. The molecule has 1 amide bonds. The number of nitrogens with two attached hydrogens (primary N) is 1. The zero-order chi connectivity index (χ0) is 14.2. The van der Waals surface area contributed by atoms with Gasteiger partial charge in [-0.25, -0.2) is 4.79 Å². The third-order valence-electron chi connectivity index (χ3n) is 3.52. The predicted octanol–water partition coefficient (Wildman–Crippen LogP) is 1.14. The zero-order valence-corrected chi connectivity index (χ0v) is 11.0. The van der Waals surface area contributed by atoms with Crippen LogP contribution in [0.2, 0.25) is 0 Å². The highest BCUT2D eigenvalue weighted by atomic mass is 16.4. The van der Waals surface area contributed by atoms with Gasteiger partial charge in [-0.15, -0.1) is 0 Å². The molecule has 0 bridgehead atoms. The first-order valence-corrected chi connectivity index (χ1v) is 6.30. The minimum atomic E-state index is -1.02. The van der Waals surface area contributed by atoms with Gasteiger partial charge in [-0.3, -0.25) is 4.79 Å². The second kappa shape index (κ2) is 5.01. The second-order valence-electron chi connectivity index (χ2n) is 5.18.